The zero-order chi connectivity index (χ0) is 14.7. The highest BCUT2D eigenvalue weighted by atomic mass is 16.3. The summed E-state index contributed by atoms with van der Waals surface area (Å²) in [7, 11) is 0. The van der Waals surface area contributed by atoms with Gasteiger partial charge in [-0.25, -0.2) is 0 Å². The number of hydrogen-bond acceptors (Lipinski definition) is 6. The Bertz CT molecular complexity index is 638. The summed E-state index contributed by atoms with van der Waals surface area (Å²) in [6.45, 7) is 0.189. The molecule has 0 unspecified atom stereocenters. The number of anilines is 1. The number of primary amides is 1. The van der Waals surface area contributed by atoms with Gasteiger partial charge in [0.2, 0.25) is 11.7 Å². The summed E-state index contributed by atoms with van der Waals surface area (Å²) in [4.78, 5) is 10.7. The van der Waals surface area contributed by atoms with E-state index in [1.807, 2.05) is 0 Å². The van der Waals surface area contributed by atoms with Crippen LogP contribution >= 0.6 is 0 Å². The zero-order valence-electron chi connectivity index (χ0n) is 10.4. The van der Waals surface area contributed by atoms with Crippen LogP contribution in [0.15, 0.2) is 24.5 Å². The molecule has 2 aromatic rings. The molecular weight excluding hydrogens is 264 g/mol. The third-order valence-electron chi connectivity index (χ3n) is 2.65. The van der Waals surface area contributed by atoms with E-state index in [-0.39, 0.29) is 24.6 Å². The first-order chi connectivity index (χ1) is 9.47. The third kappa shape index (κ3) is 2.91. The first-order valence-electron chi connectivity index (χ1n) is 5.74. The fourth-order valence-corrected chi connectivity index (χ4v) is 1.65. The van der Waals surface area contributed by atoms with Crippen molar-refractivity contribution in [3.8, 4) is 17.2 Å². The Labute approximate surface area is 114 Å². The lowest BCUT2D eigenvalue weighted by molar-refractivity contribution is -0.118. The molecule has 20 heavy (non-hydrogen) atoms. The maximum atomic E-state index is 10.7. The molecule has 2 rings (SSSR count). The second-order valence-electron chi connectivity index (χ2n) is 4.19. The predicted octanol–water partition coefficient (Wildman–Crippen LogP) is 0.0973. The molecule has 106 valence electrons. The van der Waals surface area contributed by atoms with Crippen LogP contribution in [0.5, 0.6) is 17.2 Å². The number of nitrogens with one attached hydrogen (secondary N) is 1. The van der Waals surface area contributed by atoms with Crippen molar-refractivity contribution in [1.82, 2.24) is 9.78 Å². The zero-order valence-corrected chi connectivity index (χ0v) is 10.4. The number of rotatable bonds is 5. The van der Waals surface area contributed by atoms with Gasteiger partial charge in [0, 0.05) is 18.3 Å². The Balaban J connectivity index is 2.04. The molecule has 0 fully saturated rings. The van der Waals surface area contributed by atoms with Crippen LogP contribution in [-0.4, -0.2) is 31.0 Å². The number of benzene rings is 1. The summed E-state index contributed by atoms with van der Waals surface area (Å²) < 4.78 is 1.37. The predicted molar refractivity (Wildman–Crippen MR) is 70.2 cm³/mol. The van der Waals surface area contributed by atoms with Crippen LogP contribution in [0.4, 0.5) is 5.69 Å². The minimum Gasteiger partial charge on any atom is -0.504 e. The number of carbonyl (C=O) groups excluding carboxylic acids is 1. The number of nitrogens with zero attached hydrogens (tertiary/aromatic N) is 2. The molecule has 0 saturated heterocycles. The van der Waals surface area contributed by atoms with Gasteiger partial charge in [-0.3, -0.25) is 9.48 Å². The summed E-state index contributed by atoms with van der Waals surface area (Å²) in [6.07, 6.45) is 3.09. The third-order valence-corrected chi connectivity index (χ3v) is 2.65. The highest BCUT2D eigenvalue weighted by Crippen LogP contribution is 2.37. The molecule has 0 spiro atoms. The van der Waals surface area contributed by atoms with E-state index in [9.17, 15) is 20.1 Å². The minimum absolute atomic E-state index is 0.0209. The molecule has 0 bridgehead atoms. The molecule has 0 saturated carbocycles. The van der Waals surface area contributed by atoms with Crippen LogP contribution in [0.2, 0.25) is 0 Å². The Morgan fingerprint density at radius 3 is 2.75 bits per heavy atom. The van der Waals surface area contributed by atoms with E-state index >= 15 is 0 Å². The minimum atomic E-state index is -0.561. The number of phenolic OH excluding ortho intramolecular Hbond substituents is 3. The van der Waals surface area contributed by atoms with E-state index < -0.39 is 11.7 Å². The summed E-state index contributed by atoms with van der Waals surface area (Å²) >= 11 is 0. The number of nitrogens with two attached hydrogens (primary N) is 1. The lowest BCUT2D eigenvalue weighted by Gasteiger charge is -2.08. The molecule has 0 atom stereocenters. The Morgan fingerprint density at radius 2 is 2.05 bits per heavy atom. The largest absolute Gasteiger partial charge is 0.504 e. The Morgan fingerprint density at radius 1 is 1.30 bits per heavy atom. The number of phenols is 3. The maximum absolute atomic E-state index is 10.7. The van der Waals surface area contributed by atoms with Crippen LogP contribution in [0.1, 0.15) is 5.56 Å². The highest BCUT2D eigenvalue weighted by Gasteiger charge is 2.11. The number of aromatic hydroxyl groups is 3. The Kier molecular flexibility index (Phi) is 3.65. The molecular formula is C12H14N4O4. The van der Waals surface area contributed by atoms with Crippen molar-refractivity contribution < 1.29 is 20.1 Å². The average Bonchev–Trinajstić information content (AvgIpc) is 2.82. The maximum Gasteiger partial charge on any atom is 0.239 e. The highest BCUT2D eigenvalue weighted by molar-refractivity contribution is 5.73. The van der Waals surface area contributed by atoms with Gasteiger partial charge in [-0.1, -0.05) is 0 Å². The first-order valence-corrected chi connectivity index (χ1v) is 5.74. The summed E-state index contributed by atoms with van der Waals surface area (Å²) in [5.41, 5.74) is 6.07. The number of carbonyl (C=O) groups is 1. The number of aromatic nitrogens is 2. The first kappa shape index (κ1) is 13.5. The molecule has 1 amide bonds. The molecule has 6 N–H and O–H groups in total. The van der Waals surface area contributed by atoms with Gasteiger partial charge in [-0.15, -0.1) is 0 Å². The van der Waals surface area contributed by atoms with Gasteiger partial charge >= 0.3 is 0 Å². The molecule has 0 aliphatic heterocycles. The van der Waals surface area contributed by atoms with Crippen molar-refractivity contribution in [3.63, 3.8) is 0 Å². The molecule has 8 nitrogen and oxygen atoms in total. The van der Waals surface area contributed by atoms with Crippen LogP contribution in [-0.2, 0) is 17.9 Å². The second kappa shape index (κ2) is 5.39. The van der Waals surface area contributed by atoms with Crippen LogP contribution in [0, 0.1) is 0 Å². The van der Waals surface area contributed by atoms with E-state index in [1.54, 1.807) is 6.20 Å². The summed E-state index contributed by atoms with van der Waals surface area (Å²) in [5.74, 6) is -1.84. The van der Waals surface area contributed by atoms with Crippen molar-refractivity contribution in [1.29, 1.82) is 0 Å². The fraction of sp³-hybridized carbons (Fsp3) is 0.167. The topological polar surface area (TPSA) is 134 Å². The Hall–Kier alpha value is -2.90. The molecule has 1 aromatic heterocycles. The molecule has 1 heterocycles. The van der Waals surface area contributed by atoms with Crippen molar-refractivity contribution >= 4 is 11.6 Å². The lowest BCUT2D eigenvalue weighted by atomic mass is 10.1. The average molecular weight is 278 g/mol. The second-order valence-corrected chi connectivity index (χ2v) is 4.19. The monoisotopic (exact) mass is 278 g/mol. The molecule has 0 radical (unpaired) electrons. The van der Waals surface area contributed by atoms with Gasteiger partial charge in [0.25, 0.3) is 0 Å². The molecule has 1 aromatic carbocycles. The van der Waals surface area contributed by atoms with Crippen molar-refractivity contribution in [2.45, 2.75) is 13.1 Å². The SMILES string of the molecule is NC(=O)Cn1cc(NCc2ccc(O)c(O)c2O)cn1. The molecule has 0 aliphatic rings. The van der Waals surface area contributed by atoms with Crippen LogP contribution < -0.4 is 11.1 Å². The van der Waals surface area contributed by atoms with Gasteiger partial charge in [0.15, 0.2) is 11.5 Å². The summed E-state index contributed by atoms with van der Waals surface area (Å²) in [5, 5.41) is 35.1. The normalized spacial score (nSPS) is 10.4. The van der Waals surface area contributed by atoms with E-state index in [1.165, 1.54) is 23.0 Å². The van der Waals surface area contributed by atoms with Gasteiger partial charge in [0.05, 0.1) is 11.9 Å². The van der Waals surface area contributed by atoms with Crippen LogP contribution in [0.3, 0.4) is 0 Å². The summed E-state index contributed by atoms with van der Waals surface area (Å²) in [6, 6.07) is 2.76. The van der Waals surface area contributed by atoms with Gasteiger partial charge in [-0.05, 0) is 12.1 Å². The van der Waals surface area contributed by atoms with Gasteiger partial charge in [-0.2, -0.15) is 5.10 Å². The standard InChI is InChI=1S/C12H14N4O4/c13-10(18)6-16-5-8(4-15-16)14-3-7-1-2-9(17)12(20)11(7)19/h1-2,4-5,14,17,19-20H,3,6H2,(H2,13,18). The number of hydrogen-bond donors (Lipinski definition) is 5. The molecule has 8 heteroatoms. The van der Waals surface area contributed by atoms with E-state index in [2.05, 4.69) is 10.4 Å². The van der Waals surface area contributed by atoms with E-state index in [0.717, 1.165) is 0 Å². The lowest BCUT2D eigenvalue weighted by Crippen LogP contribution is -2.18. The van der Waals surface area contributed by atoms with E-state index in [4.69, 9.17) is 5.73 Å². The van der Waals surface area contributed by atoms with Crippen molar-refractivity contribution in [2.75, 3.05) is 5.32 Å². The quantitative estimate of drug-likeness (QED) is 0.492. The van der Waals surface area contributed by atoms with Crippen molar-refractivity contribution in [2.24, 2.45) is 5.73 Å². The fourth-order valence-electron chi connectivity index (χ4n) is 1.65. The van der Waals surface area contributed by atoms with Crippen LogP contribution in [0.25, 0.3) is 0 Å². The van der Waals surface area contributed by atoms with Crippen molar-refractivity contribution in [3.05, 3.63) is 30.1 Å². The van der Waals surface area contributed by atoms with Gasteiger partial charge < -0.3 is 26.4 Å². The number of amides is 1. The van der Waals surface area contributed by atoms with Gasteiger partial charge in [0.1, 0.15) is 6.54 Å². The molecule has 0 aliphatic carbocycles. The van der Waals surface area contributed by atoms with E-state index in [0.29, 0.717) is 11.3 Å². The smallest absolute Gasteiger partial charge is 0.239 e.